The van der Waals surface area contributed by atoms with Gasteiger partial charge in [-0.2, -0.15) is 0 Å². The van der Waals surface area contributed by atoms with Crippen molar-refractivity contribution in [3.63, 3.8) is 0 Å². The van der Waals surface area contributed by atoms with Crippen molar-refractivity contribution in [1.82, 2.24) is 5.32 Å². The maximum absolute atomic E-state index is 5.40. The van der Waals surface area contributed by atoms with E-state index in [0.717, 1.165) is 12.3 Å². The van der Waals surface area contributed by atoms with Crippen molar-refractivity contribution in [1.29, 1.82) is 0 Å². The number of ether oxygens (including phenoxy) is 3. The van der Waals surface area contributed by atoms with Crippen LogP contribution in [0.4, 0.5) is 0 Å². The van der Waals surface area contributed by atoms with E-state index in [0.29, 0.717) is 6.61 Å². The molecule has 4 heteroatoms. The van der Waals surface area contributed by atoms with Gasteiger partial charge in [0.25, 0.3) is 0 Å². The molecule has 102 valence electrons. The molecule has 0 aromatic heterocycles. The van der Waals surface area contributed by atoms with E-state index in [-0.39, 0.29) is 12.3 Å². The Morgan fingerprint density at radius 3 is 2.22 bits per heavy atom. The third-order valence-electron chi connectivity index (χ3n) is 2.74. The number of methoxy groups -OCH3 is 2. The highest BCUT2D eigenvalue weighted by Gasteiger charge is 2.14. The first-order valence-corrected chi connectivity index (χ1v) is 6.22. The van der Waals surface area contributed by atoms with Crippen molar-refractivity contribution in [3.05, 3.63) is 29.8 Å². The third kappa shape index (κ3) is 4.64. The summed E-state index contributed by atoms with van der Waals surface area (Å²) in [6.45, 7) is 5.48. The van der Waals surface area contributed by atoms with Crippen LogP contribution in [0.1, 0.15) is 19.4 Å². The first-order chi connectivity index (χ1) is 8.71. The van der Waals surface area contributed by atoms with Crippen LogP contribution in [0.2, 0.25) is 0 Å². The van der Waals surface area contributed by atoms with Gasteiger partial charge in [-0.15, -0.1) is 0 Å². The van der Waals surface area contributed by atoms with Gasteiger partial charge in [0.1, 0.15) is 5.75 Å². The predicted molar refractivity (Wildman–Crippen MR) is 71.7 cm³/mol. The molecule has 0 amide bonds. The maximum atomic E-state index is 5.40. The van der Waals surface area contributed by atoms with Crippen LogP contribution in [-0.4, -0.2) is 33.2 Å². The molecule has 1 aromatic carbocycles. The first-order valence-electron chi connectivity index (χ1n) is 6.22. The van der Waals surface area contributed by atoms with Crippen LogP contribution in [0, 0.1) is 0 Å². The Hall–Kier alpha value is -1.10. The molecular weight excluding hydrogens is 230 g/mol. The highest BCUT2D eigenvalue weighted by molar-refractivity contribution is 5.27. The highest BCUT2D eigenvalue weighted by Crippen LogP contribution is 2.12. The quantitative estimate of drug-likeness (QED) is 0.721. The van der Waals surface area contributed by atoms with Crippen molar-refractivity contribution in [3.8, 4) is 5.75 Å². The largest absolute Gasteiger partial charge is 0.494 e. The van der Waals surface area contributed by atoms with E-state index in [2.05, 4.69) is 17.4 Å². The molecule has 0 aliphatic rings. The molecule has 0 spiro atoms. The molecule has 0 aliphatic carbocycles. The van der Waals surface area contributed by atoms with Crippen molar-refractivity contribution in [2.24, 2.45) is 0 Å². The van der Waals surface area contributed by atoms with Gasteiger partial charge in [0, 0.05) is 20.8 Å². The van der Waals surface area contributed by atoms with Crippen LogP contribution in [0.15, 0.2) is 24.3 Å². The van der Waals surface area contributed by atoms with Gasteiger partial charge in [0.05, 0.1) is 12.6 Å². The number of hydrogen-bond acceptors (Lipinski definition) is 4. The number of hydrogen-bond donors (Lipinski definition) is 1. The maximum Gasteiger partial charge on any atom is 0.171 e. The topological polar surface area (TPSA) is 39.7 Å². The van der Waals surface area contributed by atoms with Gasteiger partial charge in [0.15, 0.2) is 6.29 Å². The Balaban J connectivity index is 2.43. The summed E-state index contributed by atoms with van der Waals surface area (Å²) in [4.78, 5) is 0. The molecule has 1 unspecified atom stereocenters. The summed E-state index contributed by atoms with van der Waals surface area (Å²) in [5.74, 6) is 0.904. The normalized spacial score (nSPS) is 12.7. The van der Waals surface area contributed by atoms with Crippen molar-refractivity contribution < 1.29 is 14.2 Å². The van der Waals surface area contributed by atoms with Crippen LogP contribution in [0.5, 0.6) is 5.75 Å². The lowest BCUT2D eigenvalue weighted by molar-refractivity contribution is -0.119. The summed E-state index contributed by atoms with van der Waals surface area (Å²) in [5.41, 5.74) is 1.20. The molecule has 0 heterocycles. The molecule has 0 saturated heterocycles. The molecule has 0 radical (unpaired) electrons. The number of rotatable bonds is 8. The highest BCUT2D eigenvalue weighted by atomic mass is 16.7. The van der Waals surface area contributed by atoms with Crippen LogP contribution >= 0.6 is 0 Å². The Bertz CT molecular complexity index is 322. The van der Waals surface area contributed by atoms with Gasteiger partial charge in [-0.3, -0.25) is 0 Å². The molecule has 1 atom stereocenters. The number of benzene rings is 1. The van der Waals surface area contributed by atoms with Crippen molar-refractivity contribution in [2.45, 2.75) is 32.7 Å². The second-order valence-corrected chi connectivity index (χ2v) is 4.09. The lowest BCUT2D eigenvalue weighted by Crippen LogP contribution is -2.39. The summed E-state index contributed by atoms with van der Waals surface area (Å²) in [6, 6.07) is 8.20. The monoisotopic (exact) mass is 253 g/mol. The predicted octanol–water partition coefficient (Wildman–Crippen LogP) is 2.18. The van der Waals surface area contributed by atoms with E-state index >= 15 is 0 Å². The molecular formula is C14H23NO3. The minimum atomic E-state index is -0.229. The number of nitrogens with one attached hydrogen (secondary N) is 1. The minimum absolute atomic E-state index is 0.131. The fraction of sp³-hybridized carbons (Fsp3) is 0.571. The molecule has 0 saturated carbocycles. The summed E-state index contributed by atoms with van der Waals surface area (Å²) < 4.78 is 15.8. The van der Waals surface area contributed by atoms with Crippen LogP contribution < -0.4 is 10.1 Å². The summed E-state index contributed by atoms with van der Waals surface area (Å²) in [5, 5.41) is 3.36. The lowest BCUT2D eigenvalue weighted by atomic mass is 10.2. The summed E-state index contributed by atoms with van der Waals surface area (Å²) >= 11 is 0. The fourth-order valence-electron chi connectivity index (χ4n) is 1.75. The van der Waals surface area contributed by atoms with E-state index in [1.165, 1.54) is 5.56 Å². The van der Waals surface area contributed by atoms with Gasteiger partial charge in [-0.05, 0) is 31.5 Å². The third-order valence-corrected chi connectivity index (χ3v) is 2.74. The zero-order valence-electron chi connectivity index (χ0n) is 11.6. The molecule has 0 aliphatic heterocycles. The van der Waals surface area contributed by atoms with Crippen molar-refractivity contribution >= 4 is 0 Å². The minimum Gasteiger partial charge on any atom is -0.494 e. The van der Waals surface area contributed by atoms with Crippen LogP contribution in [0.25, 0.3) is 0 Å². The van der Waals surface area contributed by atoms with Gasteiger partial charge < -0.3 is 19.5 Å². The molecule has 0 fully saturated rings. The van der Waals surface area contributed by atoms with Crippen LogP contribution in [-0.2, 0) is 16.0 Å². The Kier molecular flexibility index (Phi) is 6.72. The van der Waals surface area contributed by atoms with E-state index in [9.17, 15) is 0 Å². The van der Waals surface area contributed by atoms with E-state index in [1.807, 2.05) is 26.0 Å². The molecule has 0 bridgehead atoms. The Morgan fingerprint density at radius 2 is 1.72 bits per heavy atom. The van der Waals surface area contributed by atoms with Gasteiger partial charge in [-0.25, -0.2) is 0 Å². The molecule has 18 heavy (non-hydrogen) atoms. The van der Waals surface area contributed by atoms with Crippen LogP contribution in [0.3, 0.4) is 0 Å². The standard InChI is InChI=1S/C14H23NO3/c1-5-18-13-8-6-12(7-9-13)10-15-11(2)14(16-3)17-4/h6-9,11,14-15H,5,10H2,1-4H3. The fourth-order valence-corrected chi connectivity index (χ4v) is 1.75. The van der Waals surface area contributed by atoms with Gasteiger partial charge in [0.2, 0.25) is 0 Å². The Morgan fingerprint density at radius 1 is 1.11 bits per heavy atom. The zero-order valence-corrected chi connectivity index (χ0v) is 11.6. The molecule has 1 N–H and O–H groups in total. The van der Waals surface area contributed by atoms with E-state index in [1.54, 1.807) is 14.2 Å². The Labute approximate surface area is 109 Å². The smallest absolute Gasteiger partial charge is 0.171 e. The summed E-state index contributed by atoms with van der Waals surface area (Å²) in [7, 11) is 3.28. The summed E-state index contributed by atoms with van der Waals surface area (Å²) in [6.07, 6.45) is -0.229. The second-order valence-electron chi connectivity index (χ2n) is 4.09. The average molecular weight is 253 g/mol. The average Bonchev–Trinajstić information content (AvgIpc) is 2.40. The van der Waals surface area contributed by atoms with Crippen molar-refractivity contribution in [2.75, 3.05) is 20.8 Å². The zero-order chi connectivity index (χ0) is 13.4. The van der Waals surface area contributed by atoms with Gasteiger partial charge >= 0.3 is 0 Å². The first kappa shape index (κ1) is 15.0. The SMILES string of the molecule is CCOc1ccc(CNC(C)C(OC)OC)cc1. The van der Waals surface area contributed by atoms with E-state index in [4.69, 9.17) is 14.2 Å². The molecule has 1 rings (SSSR count). The lowest BCUT2D eigenvalue weighted by Gasteiger charge is -2.22. The van der Waals surface area contributed by atoms with E-state index < -0.39 is 0 Å². The molecule has 4 nitrogen and oxygen atoms in total. The van der Waals surface area contributed by atoms with Gasteiger partial charge in [-0.1, -0.05) is 12.1 Å². The molecule has 1 aromatic rings. The second kappa shape index (κ2) is 8.08.